The van der Waals surface area contributed by atoms with E-state index in [-0.39, 0.29) is 42.7 Å². The van der Waals surface area contributed by atoms with Crippen LogP contribution in [0.15, 0.2) is 0 Å². The van der Waals surface area contributed by atoms with Gasteiger partial charge in [-0.25, -0.2) is 0 Å². The number of aliphatic hydroxyl groups excluding tert-OH is 1. The highest BCUT2D eigenvalue weighted by Crippen LogP contribution is 2.24. The Morgan fingerprint density at radius 3 is 2.43 bits per heavy atom. The maximum absolute atomic E-state index is 11.9. The van der Waals surface area contributed by atoms with Gasteiger partial charge in [0.15, 0.2) is 0 Å². The Balaban J connectivity index is 2.22. The van der Waals surface area contributed by atoms with Crippen molar-refractivity contribution in [1.82, 2.24) is 10.6 Å². The summed E-state index contributed by atoms with van der Waals surface area (Å²) in [5.74, 6) is 0.247. The van der Waals surface area contributed by atoms with Crippen molar-refractivity contribution in [1.29, 1.82) is 0 Å². The normalized spacial score (nSPS) is 19.8. The van der Waals surface area contributed by atoms with Crippen LogP contribution in [0.3, 0.4) is 0 Å². The number of aliphatic hydroxyl groups is 1. The fourth-order valence-electron chi connectivity index (χ4n) is 2.64. The molecule has 0 spiro atoms. The Hall–Kier alpha value is -1.10. The van der Waals surface area contributed by atoms with Crippen molar-refractivity contribution in [2.45, 2.75) is 71.4 Å². The van der Waals surface area contributed by atoms with E-state index < -0.39 is 6.10 Å². The minimum absolute atomic E-state index is 0.0763. The average molecular weight is 298 g/mol. The monoisotopic (exact) mass is 298 g/mol. The first kappa shape index (κ1) is 18.0. The molecular weight excluding hydrogens is 268 g/mol. The molecule has 0 aliphatic heterocycles. The average Bonchev–Trinajstić information content (AvgIpc) is 2.97. The van der Waals surface area contributed by atoms with Crippen LogP contribution in [-0.4, -0.2) is 35.6 Å². The molecule has 2 amide bonds. The van der Waals surface area contributed by atoms with Crippen molar-refractivity contribution in [2.75, 3.05) is 6.54 Å². The van der Waals surface area contributed by atoms with Crippen LogP contribution < -0.4 is 10.6 Å². The molecular formula is C16H30N2O3. The lowest BCUT2D eigenvalue weighted by Gasteiger charge is -2.19. The van der Waals surface area contributed by atoms with Gasteiger partial charge in [-0.1, -0.05) is 33.1 Å². The van der Waals surface area contributed by atoms with Crippen molar-refractivity contribution in [3.05, 3.63) is 0 Å². The smallest absolute Gasteiger partial charge is 0.223 e. The summed E-state index contributed by atoms with van der Waals surface area (Å²) < 4.78 is 0. The molecule has 5 heteroatoms. The molecule has 0 aromatic carbocycles. The van der Waals surface area contributed by atoms with Gasteiger partial charge in [-0.2, -0.15) is 0 Å². The minimum Gasteiger partial charge on any atom is -0.391 e. The zero-order valence-electron chi connectivity index (χ0n) is 13.5. The second-order valence-corrected chi connectivity index (χ2v) is 6.35. The fourth-order valence-corrected chi connectivity index (χ4v) is 2.64. The van der Waals surface area contributed by atoms with E-state index in [1.807, 2.05) is 20.8 Å². The molecule has 122 valence electrons. The molecule has 3 unspecified atom stereocenters. The van der Waals surface area contributed by atoms with Crippen LogP contribution in [0.25, 0.3) is 0 Å². The van der Waals surface area contributed by atoms with Crippen molar-refractivity contribution < 1.29 is 14.7 Å². The fraction of sp³-hybridized carbons (Fsp3) is 0.875. The van der Waals surface area contributed by atoms with E-state index in [2.05, 4.69) is 10.6 Å². The summed E-state index contributed by atoms with van der Waals surface area (Å²) in [6.07, 6.45) is 4.80. The molecule has 0 saturated heterocycles. The van der Waals surface area contributed by atoms with Gasteiger partial charge in [-0.15, -0.1) is 0 Å². The minimum atomic E-state index is -0.512. The molecule has 5 nitrogen and oxygen atoms in total. The number of carbonyl (C=O) groups is 2. The second kappa shape index (κ2) is 9.03. The summed E-state index contributed by atoms with van der Waals surface area (Å²) in [7, 11) is 0. The summed E-state index contributed by atoms with van der Waals surface area (Å²) in [6, 6.07) is -0.168. The predicted molar refractivity (Wildman–Crippen MR) is 82.7 cm³/mol. The van der Waals surface area contributed by atoms with Gasteiger partial charge < -0.3 is 15.7 Å². The molecule has 1 saturated carbocycles. The molecule has 0 aromatic heterocycles. The quantitative estimate of drug-likeness (QED) is 0.637. The first-order valence-corrected chi connectivity index (χ1v) is 8.19. The maximum atomic E-state index is 11.9. The molecule has 3 atom stereocenters. The Bertz CT molecular complexity index is 340. The first-order valence-electron chi connectivity index (χ1n) is 8.19. The SMILES string of the molecule is CCC(C)C(O)CNC(=O)CC(C)NC(=O)C1CCCC1. The van der Waals surface area contributed by atoms with Crippen LogP contribution in [0.1, 0.15) is 59.3 Å². The Morgan fingerprint density at radius 2 is 1.86 bits per heavy atom. The zero-order chi connectivity index (χ0) is 15.8. The van der Waals surface area contributed by atoms with Gasteiger partial charge in [0, 0.05) is 24.9 Å². The Kier molecular flexibility index (Phi) is 7.72. The molecule has 3 N–H and O–H groups in total. The van der Waals surface area contributed by atoms with E-state index in [1.165, 1.54) is 0 Å². The van der Waals surface area contributed by atoms with Crippen LogP contribution >= 0.6 is 0 Å². The lowest BCUT2D eigenvalue weighted by molar-refractivity contribution is -0.126. The van der Waals surface area contributed by atoms with Crippen molar-refractivity contribution in [2.24, 2.45) is 11.8 Å². The van der Waals surface area contributed by atoms with Gasteiger partial charge >= 0.3 is 0 Å². The van der Waals surface area contributed by atoms with Crippen LogP contribution in [0.5, 0.6) is 0 Å². The van der Waals surface area contributed by atoms with Gasteiger partial charge in [0.1, 0.15) is 0 Å². The highest BCUT2D eigenvalue weighted by molar-refractivity contribution is 5.81. The molecule has 1 aliphatic carbocycles. The predicted octanol–water partition coefficient (Wildman–Crippen LogP) is 1.59. The van der Waals surface area contributed by atoms with E-state index in [0.29, 0.717) is 0 Å². The maximum Gasteiger partial charge on any atom is 0.223 e. The van der Waals surface area contributed by atoms with E-state index >= 15 is 0 Å². The van der Waals surface area contributed by atoms with Crippen molar-refractivity contribution in [3.63, 3.8) is 0 Å². The number of nitrogens with one attached hydrogen (secondary N) is 2. The third-order valence-corrected chi connectivity index (χ3v) is 4.42. The van der Waals surface area contributed by atoms with Crippen LogP contribution in [0.4, 0.5) is 0 Å². The number of hydrogen-bond acceptors (Lipinski definition) is 3. The van der Waals surface area contributed by atoms with Gasteiger partial charge in [0.2, 0.25) is 11.8 Å². The van der Waals surface area contributed by atoms with Gasteiger partial charge in [-0.3, -0.25) is 9.59 Å². The first-order chi connectivity index (χ1) is 9.93. The van der Waals surface area contributed by atoms with E-state index in [9.17, 15) is 14.7 Å². The van der Waals surface area contributed by atoms with E-state index in [0.717, 1.165) is 32.1 Å². The summed E-state index contributed by atoms with van der Waals surface area (Å²) >= 11 is 0. The van der Waals surface area contributed by atoms with Gasteiger partial charge in [0.25, 0.3) is 0 Å². The summed E-state index contributed by atoms with van der Waals surface area (Å²) in [5.41, 5.74) is 0. The van der Waals surface area contributed by atoms with Gasteiger partial charge in [-0.05, 0) is 25.7 Å². The second-order valence-electron chi connectivity index (χ2n) is 6.35. The standard InChI is InChI=1S/C16H30N2O3/c1-4-11(2)14(19)10-17-15(20)9-12(3)18-16(21)13-7-5-6-8-13/h11-14,19H,4-10H2,1-3H3,(H,17,20)(H,18,21). The molecule has 0 aromatic rings. The van der Waals surface area contributed by atoms with Crippen LogP contribution in [0, 0.1) is 11.8 Å². The third-order valence-electron chi connectivity index (χ3n) is 4.42. The molecule has 1 aliphatic rings. The third kappa shape index (κ3) is 6.46. The summed E-state index contributed by atoms with van der Waals surface area (Å²) in [4.78, 5) is 23.7. The molecule has 0 heterocycles. The Morgan fingerprint density at radius 1 is 1.24 bits per heavy atom. The zero-order valence-corrected chi connectivity index (χ0v) is 13.5. The van der Waals surface area contributed by atoms with E-state index in [1.54, 1.807) is 0 Å². The van der Waals surface area contributed by atoms with Crippen LogP contribution in [-0.2, 0) is 9.59 Å². The van der Waals surface area contributed by atoms with Crippen molar-refractivity contribution in [3.8, 4) is 0 Å². The molecule has 1 rings (SSSR count). The molecule has 0 radical (unpaired) electrons. The number of hydrogen-bond donors (Lipinski definition) is 3. The molecule has 0 bridgehead atoms. The topological polar surface area (TPSA) is 78.4 Å². The summed E-state index contributed by atoms with van der Waals surface area (Å²) in [5, 5.41) is 15.4. The lowest BCUT2D eigenvalue weighted by atomic mass is 10.0. The Labute approximate surface area is 127 Å². The lowest BCUT2D eigenvalue weighted by Crippen LogP contribution is -2.41. The van der Waals surface area contributed by atoms with Crippen molar-refractivity contribution >= 4 is 11.8 Å². The van der Waals surface area contributed by atoms with E-state index in [4.69, 9.17) is 0 Å². The van der Waals surface area contributed by atoms with Gasteiger partial charge in [0.05, 0.1) is 6.10 Å². The number of carbonyl (C=O) groups excluding carboxylic acids is 2. The summed E-state index contributed by atoms with van der Waals surface area (Å²) in [6.45, 7) is 6.09. The highest BCUT2D eigenvalue weighted by Gasteiger charge is 2.24. The number of amides is 2. The molecule has 21 heavy (non-hydrogen) atoms. The van der Waals surface area contributed by atoms with Crippen LogP contribution in [0.2, 0.25) is 0 Å². The number of rotatable bonds is 8. The highest BCUT2D eigenvalue weighted by atomic mass is 16.3. The largest absolute Gasteiger partial charge is 0.391 e. The molecule has 1 fully saturated rings.